The van der Waals surface area contributed by atoms with Crippen LogP contribution in [-0.4, -0.2) is 60.7 Å². The molecule has 2 N–H and O–H groups in total. The van der Waals surface area contributed by atoms with Crippen LogP contribution >= 0.6 is 0 Å². The monoisotopic (exact) mass is 333 g/mol. The summed E-state index contributed by atoms with van der Waals surface area (Å²) >= 11 is 0. The van der Waals surface area contributed by atoms with Crippen LogP contribution in [0.3, 0.4) is 0 Å². The van der Waals surface area contributed by atoms with Gasteiger partial charge in [0.25, 0.3) is 5.91 Å². The van der Waals surface area contributed by atoms with Crippen LogP contribution in [0.4, 0.5) is 10.5 Å². The van der Waals surface area contributed by atoms with Gasteiger partial charge in [0, 0.05) is 24.7 Å². The lowest BCUT2D eigenvalue weighted by molar-refractivity contribution is -0.137. The Bertz CT molecular complexity index is 686. The van der Waals surface area contributed by atoms with Crippen molar-refractivity contribution in [3.8, 4) is 5.75 Å². The van der Waals surface area contributed by atoms with Crippen molar-refractivity contribution in [1.29, 1.82) is 0 Å². The third-order valence-corrected chi connectivity index (χ3v) is 4.13. The number of ether oxygens (including phenoxy) is 1. The molecule has 128 valence electrons. The molecule has 8 nitrogen and oxygen atoms in total. The molecule has 3 amide bonds. The highest BCUT2D eigenvalue weighted by Crippen LogP contribution is 2.33. The first kappa shape index (κ1) is 16.1. The molecule has 0 unspecified atom stereocenters. The van der Waals surface area contributed by atoms with E-state index < -0.39 is 5.97 Å². The summed E-state index contributed by atoms with van der Waals surface area (Å²) in [4.78, 5) is 38.5. The summed E-state index contributed by atoms with van der Waals surface area (Å²) in [7, 11) is 1.50. The predicted molar refractivity (Wildman–Crippen MR) is 85.4 cm³/mol. The summed E-state index contributed by atoms with van der Waals surface area (Å²) in [5.74, 6) is -0.897. The fraction of sp³-hybridized carbons (Fsp3) is 0.438. The highest BCUT2D eigenvalue weighted by atomic mass is 16.5. The maximum atomic E-state index is 12.7. The van der Waals surface area contributed by atoms with Crippen molar-refractivity contribution in [2.24, 2.45) is 0 Å². The van der Waals surface area contributed by atoms with E-state index in [1.807, 2.05) is 0 Å². The summed E-state index contributed by atoms with van der Waals surface area (Å²) in [6.07, 6.45) is 1.63. The Morgan fingerprint density at radius 1 is 1.42 bits per heavy atom. The second kappa shape index (κ2) is 6.38. The zero-order chi connectivity index (χ0) is 17.3. The number of aliphatic carboxylic acids is 1. The van der Waals surface area contributed by atoms with E-state index in [0.29, 0.717) is 30.1 Å². The number of amides is 3. The average Bonchev–Trinajstić information content (AvgIpc) is 3.32. The number of methoxy groups -OCH3 is 1. The lowest BCUT2D eigenvalue weighted by Crippen LogP contribution is -2.37. The van der Waals surface area contributed by atoms with Gasteiger partial charge >= 0.3 is 12.0 Å². The van der Waals surface area contributed by atoms with E-state index >= 15 is 0 Å². The zero-order valence-electron chi connectivity index (χ0n) is 13.3. The minimum atomic E-state index is -1.04. The number of nitrogens with one attached hydrogen (secondary N) is 1. The van der Waals surface area contributed by atoms with Gasteiger partial charge in [0.05, 0.1) is 12.8 Å². The van der Waals surface area contributed by atoms with Crippen molar-refractivity contribution in [3.05, 3.63) is 23.8 Å². The van der Waals surface area contributed by atoms with Crippen molar-refractivity contribution in [3.63, 3.8) is 0 Å². The molecule has 1 saturated heterocycles. The van der Waals surface area contributed by atoms with Crippen LogP contribution in [0.15, 0.2) is 18.2 Å². The maximum Gasteiger partial charge on any atom is 0.323 e. The SMILES string of the molecule is COc1ccc(C(=O)N(CC(=O)O)C2CC2)cc1N1CCNC1=O. The number of carboxylic acid groups (broad SMARTS) is 1. The Morgan fingerprint density at radius 3 is 2.71 bits per heavy atom. The summed E-state index contributed by atoms with van der Waals surface area (Å²) in [6, 6.07) is 4.54. The summed E-state index contributed by atoms with van der Waals surface area (Å²) in [5.41, 5.74) is 0.850. The largest absolute Gasteiger partial charge is 0.495 e. The van der Waals surface area contributed by atoms with Gasteiger partial charge in [-0.25, -0.2) is 4.79 Å². The second-order valence-corrected chi connectivity index (χ2v) is 5.83. The fourth-order valence-corrected chi connectivity index (χ4v) is 2.80. The normalized spacial score (nSPS) is 16.7. The van der Waals surface area contributed by atoms with Gasteiger partial charge in [0.2, 0.25) is 0 Å². The number of urea groups is 1. The number of hydrogen-bond acceptors (Lipinski definition) is 4. The van der Waals surface area contributed by atoms with Gasteiger partial charge in [0.15, 0.2) is 0 Å². The molecule has 1 saturated carbocycles. The van der Waals surface area contributed by atoms with Crippen molar-refractivity contribution >= 4 is 23.6 Å². The molecule has 1 aliphatic heterocycles. The number of nitrogens with zero attached hydrogens (tertiary/aromatic N) is 2. The van der Waals surface area contributed by atoms with Gasteiger partial charge in [-0.3, -0.25) is 14.5 Å². The average molecular weight is 333 g/mol. The maximum absolute atomic E-state index is 12.7. The van der Waals surface area contributed by atoms with Crippen LogP contribution in [0.5, 0.6) is 5.75 Å². The lowest BCUT2D eigenvalue weighted by atomic mass is 10.1. The molecule has 8 heteroatoms. The number of benzene rings is 1. The van der Waals surface area contributed by atoms with E-state index in [0.717, 1.165) is 12.8 Å². The highest BCUT2D eigenvalue weighted by molar-refractivity contribution is 6.00. The van der Waals surface area contributed by atoms with Gasteiger partial charge < -0.3 is 20.1 Å². The molecule has 2 aliphatic rings. The summed E-state index contributed by atoms with van der Waals surface area (Å²) < 4.78 is 5.28. The molecule has 1 aromatic rings. The van der Waals surface area contributed by atoms with Gasteiger partial charge in [-0.15, -0.1) is 0 Å². The van der Waals surface area contributed by atoms with Crippen LogP contribution < -0.4 is 15.0 Å². The molecular weight excluding hydrogens is 314 g/mol. The number of hydrogen-bond donors (Lipinski definition) is 2. The topological polar surface area (TPSA) is 99.2 Å². The van der Waals surface area contributed by atoms with Crippen LogP contribution in [0, 0.1) is 0 Å². The van der Waals surface area contributed by atoms with Crippen LogP contribution in [0.1, 0.15) is 23.2 Å². The Balaban J connectivity index is 1.91. The van der Waals surface area contributed by atoms with Gasteiger partial charge in [-0.05, 0) is 31.0 Å². The van der Waals surface area contributed by atoms with E-state index in [1.54, 1.807) is 18.2 Å². The number of anilines is 1. The third-order valence-electron chi connectivity index (χ3n) is 4.13. The second-order valence-electron chi connectivity index (χ2n) is 5.83. The van der Waals surface area contributed by atoms with Crippen LogP contribution in [-0.2, 0) is 4.79 Å². The molecule has 1 aromatic carbocycles. The van der Waals surface area contributed by atoms with E-state index in [2.05, 4.69) is 5.32 Å². The summed E-state index contributed by atoms with van der Waals surface area (Å²) in [5, 5.41) is 11.7. The zero-order valence-corrected chi connectivity index (χ0v) is 13.3. The van der Waals surface area contributed by atoms with E-state index in [1.165, 1.54) is 16.9 Å². The number of carbonyl (C=O) groups is 3. The van der Waals surface area contributed by atoms with Crippen LogP contribution in [0.25, 0.3) is 0 Å². The fourth-order valence-electron chi connectivity index (χ4n) is 2.80. The van der Waals surface area contributed by atoms with Crippen molar-refractivity contribution in [2.45, 2.75) is 18.9 Å². The van der Waals surface area contributed by atoms with Gasteiger partial charge in [-0.2, -0.15) is 0 Å². The number of rotatable bonds is 6. The van der Waals surface area contributed by atoms with E-state index in [9.17, 15) is 14.4 Å². The molecule has 1 aliphatic carbocycles. The molecule has 0 bridgehead atoms. The van der Waals surface area contributed by atoms with Crippen molar-refractivity contribution in [1.82, 2.24) is 10.2 Å². The standard InChI is InChI=1S/C16H19N3O5/c1-24-13-5-2-10(8-12(13)18-7-6-17-16(18)23)15(22)19(9-14(20)21)11-3-4-11/h2,5,8,11H,3-4,6-7,9H2,1H3,(H,17,23)(H,20,21). The van der Waals surface area contributed by atoms with Gasteiger partial charge in [-0.1, -0.05) is 0 Å². The molecular formula is C16H19N3O5. The molecule has 0 aromatic heterocycles. The lowest BCUT2D eigenvalue weighted by Gasteiger charge is -2.22. The first-order valence-corrected chi connectivity index (χ1v) is 7.77. The van der Waals surface area contributed by atoms with Crippen molar-refractivity contribution < 1.29 is 24.2 Å². The third kappa shape index (κ3) is 3.12. The highest BCUT2D eigenvalue weighted by Gasteiger charge is 2.35. The van der Waals surface area contributed by atoms with Crippen molar-refractivity contribution in [2.75, 3.05) is 31.6 Å². The smallest absolute Gasteiger partial charge is 0.323 e. The number of carbonyl (C=O) groups excluding carboxylic acids is 2. The van der Waals surface area contributed by atoms with Crippen LogP contribution in [0.2, 0.25) is 0 Å². The Morgan fingerprint density at radius 2 is 2.17 bits per heavy atom. The Labute approximate surface area is 139 Å². The molecule has 1 heterocycles. The molecule has 2 fully saturated rings. The minimum absolute atomic E-state index is 0.0192. The van der Waals surface area contributed by atoms with E-state index in [4.69, 9.17) is 9.84 Å². The molecule has 0 atom stereocenters. The molecule has 24 heavy (non-hydrogen) atoms. The molecule has 0 radical (unpaired) electrons. The Hall–Kier alpha value is -2.77. The molecule has 0 spiro atoms. The predicted octanol–water partition coefficient (Wildman–Crippen LogP) is 0.914. The first-order chi connectivity index (χ1) is 11.5. The molecule has 3 rings (SSSR count). The van der Waals surface area contributed by atoms with Gasteiger partial charge in [0.1, 0.15) is 12.3 Å². The quantitative estimate of drug-likeness (QED) is 0.806. The number of carboxylic acids is 1. The first-order valence-electron chi connectivity index (χ1n) is 7.77. The van der Waals surface area contributed by atoms with E-state index in [-0.39, 0.29) is 24.5 Å². The minimum Gasteiger partial charge on any atom is -0.495 e. The Kier molecular flexibility index (Phi) is 4.28. The summed E-state index contributed by atoms with van der Waals surface area (Å²) in [6.45, 7) is 0.677.